The largest absolute Gasteiger partial charge is 0.472 e. The molecular weight excluding hydrogens is 268 g/mol. The second kappa shape index (κ2) is 4.70. The van der Waals surface area contributed by atoms with E-state index in [1.54, 1.807) is 10.9 Å². The Balaban J connectivity index is 2.08. The lowest BCUT2D eigenvalue weighted by atomic mass is 10.1. The lowest BCUT2D eigenvalue weighted by molar-refractivity contribution is 0.277. The first-order valence-electron chi connectivity index (χ1n) is 5.02. The van der Waals surface area contributed by atoms with Crippen LogP contribution in [0.15, 0.2) is 34.9 Å². The van der Waals surface area contributed by atoms with Crippen molar-refractivity contribution < 1.29 is 4.74 Å². The molecular formula is C12H13BrN2O. The number of hydrogen-bond acceptors (Lipinski definition) is 2. The zero-order valence-corrected chi connectivity index (χ0v) is 10.9. The number of halogens is 1. The third kappa shape index (κ3) is 2.44. The van der Waals surface area contributed by atoms with E-state index in [0.29, 0.717) is 6.61 Å². The van der Waals surface area contributed by atoms with Gasteiger partial charge in [-0.05, 0) is 28.4 Å². The zero-order valence-electron chi connectivity index (χ0n) is 9.27. The highest BCUT2D eigenvalue weighted by Crippen LogP contribution is 2.24. The topological polar surface area (TPSA) is 27.1 Å². The predicted octanol–water partition coefficient (Wildman–Crippen LogP) is 3.07. The first-order chi connectivity index (χ1) is 7.66. The smallest absolute Gasteiger partial charge is 0.226 e. The summed E-state index contributed by atoms with van der Waals surface area (Å²) in [6.07, 6.45) is 1.73. The Morgan fingerprint density at radius 2 is 2.25 bits per heavy atom. The van der Waals surface area contributed by atoms with E-state index in [-0.39, 0.29) is 0 Å². The number of aryl methyl sites for hydroxylation is 2. The monoisotopic (exact) mass is 280 g/mol. The van der Waals surface area contributed by atoms with Gasteiger partial charge in [0.2, 0.25) is 5.88 Å². The summed E-state index contributed by atoms with van der Waals surface area (Å²) in [7, 11) is 1.86. The molecule has 2 aromatic rings. The molecule has 0 aliphatic carbocycles. The predicted molar refractivity (Wildman–Crippen MR) is 66.4 cm³/mol. The Morgan fingerprint density at radius 3 is 2.88 bits per heavy atom. The summed E-state index contributed by atoms with van der Waals surface area (Å²) in [4.78, 5) is 0. The van der Waals surface area contributed by atoms with Gasteiger partial charge in [0, 0.05) is 7.05 Å². The van der Waals surface area contributed by atoms with Crippen LogP contribution in [-0.2, 0) is 13.7 Å². The standard InChI is InChI=1S/C12H13BrN2O/c1-9-4-3-5-10(6-9)8-16-12-11(13)7-14-15(12)2/h3-7H,8H2,1-2H3. The molecule has 1 aromatic heterocycles. The van der Waals surface area contributed by atoms with Crippen molar-refractivity contribution in [2.45, 2.75) is 13.5 Å². The summed E-state index contributed by atoms with van der Waals surface area (Å²) >= 11 is 3.40. The SMILES string of the molecule is Cc1cccc(COc2c(Br)cnn2C)c1. The highest BCUT2D eigenvalue weighted by Gasteiger charge is 2.06. The van der Waals surface area contributed by atoms with Crippen molar-refractivity contribution in [3.05, 3.63) is 46.1 Å². The molecule has 0 amide bonds. The van der Waals surface area contributed by atoms with Gasteiger partial charge in [0.25, 0.3) is 0 Å². The summed E-state index contributed by atoms with van der Waals surface area (Å²) < 4.78 is 8.29. The number of benzene rings is 1. The molecule has 1 aromatic carbocycles. The third-order valence-corrected chi connectivity index (χ3v) is 2.84. The molecule has 0 N–H and O–H groups in total. The van der Waals surface area contributed by atoms with E-state index in [9.17, 15) is 0 Å². The van der Waals surface area contributed by atoms with Crippen LogP contribution in [0.2, 0.25) is 0 Å². The lowest BCUT2D eigenvalue weighted by Gasteiger charge is -2.07. The molecule has 0 unspecified atom stereocenters. The van der Waals surface area contributed by atoms with Crippen LogP contribution in [0.4, 0.5) is 0 Å². The maximum absolute atomic E-state index is 5.70. The Morgan fingerprint density at radius 1 is 1.44 bits per heavy atom. The number of aromatic nitrogens is 2. The van der Waals surface area contributed by atoms with Crippen LogP contribution in [0.3, 0.4) is 0 Å². The molecule has 0 saturated carbocycles. The van der Waals surface area contributed by atoms with Crippen LogP contribution < -0.4 is 4.74 Å². The average molecular weight is 281 g/mol. The Bertz CT molecular complexity index is 474. The molecule has 0 aliphatic rings. The zero-order chi connectivity index (χ0) is 11.5. The molecule has 3 nitrogen and oxygen atoms in total. The van der Waals surface area contributed by atoms with Crippen LogP contribution in [0.1, 0.15) is 11.1 Å². The fourth-order valence-electron chi connectivity index (χ4n) is 1.52. The first-order valence-corrected chi connectivity index (χ1v) is 5.82. The van der Waals surface area contributed by atoms with Gasteiger partial charge in [-0.15, -0.1) is 0 Å². The molecule has 0 aliphatic heterocycles. The Labute approximate surface area is 103 Å². The van der Waals surface area contributed by atoms with Gasteiger partial charge in [-0.2, -0.15) is 5.10 Å². The summed E-state index contributed by atoms with van der Waals surface area (Å²) in [6.45, 7) is 2.63. The van der Waals surface area contributed by atoms with Gasteiger partial charge in [-0.3, -0.25) is 0 Å². The molecule has 0 atom stereocenters. The summed E-state index contributed by atoms with van der Waals surface area (Å²) in [5.41, 5.74) is 2.40. The fraction of sp³-hybridized carbons (Fsp3) is 0.250. The van der Waals surface area contributed by atoms with E-state index >= 15 is 0 Å². The van der Waals surface area contributed by atoms with Crippen molar-refractivity contribution in [2.75, 3.05) is 0 Å². The van der Waals surface area contributed by atoms with Crippen molar-refractivity contribution in [1.29, 1.82) is 0 Å². The normalized spacial score (nSPS) is 10.4. The Hall–Kier alpha value is -1.29. The molecule has 0 radical (unpaired) electrons. The van der Waals surface area contributed by atoms with Crippen molar-refractivity contribution in [2.24, 2.45) is 7.05 Å². The van der Waals surface area contributed by atoms with Crippen LogP contribution >= 0.6 is 15.9 Å². The van der Waals surface area contributed by atoms with E-state index in [1.165, 1.54) is 5.56 Å². The van der Waals surface area contributed by atoms with Gasteiger partial charge < -0.3 is 4.74 Å². The maximum atomic E-state index is 5.70. The quantitative estimate of drug-likeness (QED) is 0.864. The van der Waals surface area contributed by atoms with Gasteiger partial charge in [0.1, 0.15) is 6.61 Å². The van der Waals surface area contributed by atoms with Gasteiger partial charge >= 0.3 is 0 Å². The van der Waals surface area contributed by atoms with Crippen molar-refractivity contribution in [1.82, 2.24) is 9.78 Å². The summed E-state index contributed by atoms with van der Waals surface area (Å²) in [5.74, 6) is 0.751. The molecule has 0 saturated heterocycles. The van der Waals surface area contributed by atoms with E-state index < -0.39 is 0 Å². The van der Waals surface area contributed by atoms with Gasteiger partial charge in [-0.1, -0.05) is 29.8 Å². The van der Waals surface area contributed by atoms with E-state index in [1.807, 2.05) is 13.1 Å². The van der Waals surface area contributed by atoms with E-state index in [2.05, 4.69) is 46.2 Å². The second-order valence-corrected chi connectivity index (χ2v) is 4.55. The molecule has 4 heteroatoms. The molecule has 1 heterocycles. The third-order valence-electron chi connectivity index (χ3n) is 2.30. The average Bonchev–Trinajstić information content (AvgIpc) is 2.56. The van der Waals surface area contributed by atoms with Crippen molar-refractivity contribution in [3.63, 3.8) is 0 Å². The minimum atomic E-state index is 0.555. The molecule has 84 valence electrons. The van der Waals surface area contributed by atoms with Crippen molar-refractivity contribution >= 4 is 15.9 Å². The molecule has 16 heavy (non-hydrogen) atoms. The highest BCUT2D eigenvalue weighted by atomic mass is 79.9. The van der Waals surface area contributed by atoms with E-state index in [0.717, 1.165) is 15.9 Å². The van der Waals surface area contributed by atoms with Gasteiger partial charge in [0.05, 0.1) is 10.7 Å². The van der Waals surface area contributed by atoms with Crippen LogP contribution in [0, 0.1) is 6.92 Å². The van der Waals surface area contributed by atoms with Crippen LogP contribution in [0.25, 0.3) is 0 Å². The van der Waals surface area contributed by atoms with Crippen LogP contribution in [-0.4, -0.2) is 9.78 Å². The molecule has 2 rings (SSSR count). The number of rotatable bonds is 3. The molecule has 0 fully saturated rings. The van der Waals surface area contributed by atoms with Gasteiger partial charge in [0.15, 0.2) is 0 Å². The van der Waals surface area contributed by atoms with Crippen LogP contribution in [0.5, 0.6) is 5.88 Å². The molecule has 0 spiro atoms. The second-order valence-electron chi connectivity index (χ2n) is 3.70. The molecule has 0 bridgehead atoms. The van der Waals surface area contributed by atoms with E-state index in [4.69, 9.17) is 4.74 Å². The number of nitrogens with zero attached hydrogens (tertiary/aromatic N) is 2. The fourth-order valence-corrected chi connectivity index (χ4v) is 1.98. The Kier molecular flexibility index (Phi) is 3.29. The van der Waals surface area contributed by atoms with Crippen molar-refractivity contribution in [3.8, 4) is 5.88 Å². The maximum Gasteiger partial charge on any atom is 0.226 e. The highest BCUT2D eigenvalue weighted by molar-refractivity contribution is 9.10. The number of hydrogen-bond donors (Lipinski definition) is 0. The number of ether oxygens (including phenoxy) is 1. The lowest BCUT2D eigenvalue weighted by Crippen LogP contribution is -2.01. The van der Waals surface area contributed by atoms with Gasteiger partial charge in [-0.25, -0.2) is 4.68 Å². The minimum absolute atomic E-state index is 0.555. The minimum Gasteiger partial charge on any atom is -0.472 e. The summed E-state index contributed by atoms with van der Waals surface area (Å²) in [6, 6.07) is 8.28. The summed E-state index contributed by atoms with van der Waals surface area (Å²) in [5, 5.41) is 4.09. The first kappa shape index (κ1) is 11.2.